The third-order valence-corrected chi connectivity index (χ3v) is 6.18. The highest BCUT2D eigenvalue weighted by molar-refractivity contribution is 5.95. The summed E-state index contributed by atoms with van der Waals surface area (Å²) < 4.78 is 29.7. The minimum absolute atomic E-state index is 0.0291. The predicted molar refractivity (Wildman–Crippen MR) is 137 cm³/mol. The van der Waals surface area contributed by atoms with Gasteiger partial charge in [-0.05, 0) is 31.1 Å². The minimum Gasteiger partial charge on any atom is -0.459 e. The highest BCUT2D eigenvalue weighted by Crippen LogP contribution is 2.42. The number of hydrogen-bond acceptors (Lipinski definition) is 8. The number of aliphatic hydroxyl groups is 1. The van der Waals surface area contributed by atoms with E-state index >= 15 is 0 Å². The van der Waals surface area contributed by atoms with Crippen molar-refractivity contribution in [3.63, 3.8) is 0 Å². The Morgan fingerprint density at radius 2 is 1.86 bits per heavy atom. The number of methoxy groups -OCH3 is 1. The molecule has 0 aliphatic carbocycles. The summed E-state index contributed by atoms with van der Waals surface area (Å²) >= 11 is 0. The molecule has 3 rings (SSSR count). The van der Waals surface area contributed by atoms with E-state index in [1.54, 1.807) is 11.7 Å². The van der Waals surface area contributed by atoms with Gasteiger partial charge in [0.05, 0.1) is 38.6 Å². The van der Waals surface area contributed by atoms with Gasteiger partial charge in [-0.2, -0.15) is 0 Å². The molecule has 3 atom stereocenters. The fourth-order valence-corrected chi connectivity index (χ4v) is 4.49. The van der Waals surface area contributed by atoms with E-state index in [1.807, 2.05) is 43.5 Å². The molecule has 0 saturated carbocycles. The maximum absolute atomic E-state index is 12.9. The zero-order valence-corrected chi connectivity index (χ0v) is 21.8. The number of ether oxygens (including phenoxy) is 5. The Morgan fingerprint density at radius 3 is 2.57 bits per heavy atom. The topological polar surface area (TPSA) is 117 Å². The summed E-state index contributed by atoms with van der Waals surface area (Å²) in [6.07, 6.45) is 3.57. The van der Waals surface area contributed by atoms with Gasteiger partial charge in [0, 0.05) is 57.2 Å². The van der Waals surface area contributed by atoms with Gasteiger partial charge in [-0.25, -0.2) is 0 Å². The normalized spacial score (nSPS) is 19.5. The zero-order chi connectivity index (χ0) is 26.6. The molecule has 37 heavy (non-hydrogen) atoms. The molecular formula is C27H38N2O8. The number of hydrogen-bond donors (Lipinski definition) is 2. The van der Waals surface area contributed by atoms with Gasteiger partial charge in [0.15, 0.2) is 5.76 Å². The fraction of sp³-hybridized carbons (Fsp3) is 0.556. The standard InChI is InChI=1S/C27H38N2O8/c1-4-36-27-21(9-12-34-15-16-35-14-11-30)22(17-25(37-27)26(32)28-10-13-33-3)23-18-29(19(2)31)24-8-6-5-7-20(23)24/h5-8,17-18,21-22,27,30H,4,9-16H2,1-3H3,(H,28,32)/t21-,22+,27-/m0/s1. The number of allylic oxidation sites excluding steroid dienone is 1. The summed E-state index contributed by atoms with van der Waals surface area (Å²) in [5.74, 6) is -0.722. The first-order valence-corrected chi connectivity index (χ1v) is 12.7. The summed E-state index contributed by atoms with van der Waals surface area (Å²) in [6, 6.07) is 7.72. The van der Waals surface area contributed by atoms with Crippen LogP contribution in [0.2, 0.25) is 0 Å². The molecule has 0 saturated heterocycles. The van der Waals surface area contributed by atoms with E-state index in [2.05, 4.69) is 5.32 Å². The van der Waals surface area contributed by atoms with Crippen LogP contribution in [0.5, 0.6) is 0 Å². The minimum atomic E-state index is -0.683. The van der Waals surface area contributed by atoms with Crippen LogP contribution in [0.25, 0.3) is 10.9 Å². The van der Waals surface area contributed by atoms with E-state index in [-0.39, 0.29) is 42.6 Å². The number of nitrogens with one attached hydrogen (secondary N) is 1. The van der Waals surface area contributed by atoms with Gasteiger partial charge in [0.2, 0.25) is 12.2 Å². The van der Waals surface area contributed by atoms with E-state index in [0.717, 1.165) is 16.5 Å². The Morgan fingerprint density at radius 1 is 1.11 bits per heavy atom. The highest BCUT2D eigenvalue weighted by atomic mass is 16.7. The number of aromatic nitrogens is 1. The molecule has 1 aliphatic heterocycles. The number of nitrogens with zero attached hydrogens (tertiary/aromatic N) is 1. The molecule has 10 nitrogen and oxygen atoms in total. The number of benzene rings is 1. The largest absolute Gasteiger partial charge is 0.459 e. The molecule has 10 heteroatoms. The van der Waals surface area contributed by atoms with Crippen molar-refractivity contribution in [3.05, 3.63) is 47.9 Å². The monoisotopic (exact) mass is 518 g/mol. The summed E-state index contributed by atoms with van der Waals surface area (Å²) in [5.41, 5.74) is 1.72. The number of aliphatic hydroxyl groups excluding tert-OH is 1. The Bertz CT molecular complexity index is 1050. The molecule has 2 aromatic rings. The molecule has 1 aromatic heterocycles. The van der Waals surface area contributed by atoms with Crippen LogP contribution in [0.3, 0.4) is 0 Å². The Labute approximate surface area is 217 Å². The van der Waals surface area contributed by atoms with Crippen molar-refractivity contribution in [2.24, 2.45) is 5.92 Å². The lowest BCUT2D eigenvalue weighted by atomic mass is 9.81. The van der Waals surface area contributed by atoms with Crippen molar-refractivity contribution in [1.29, 1.82) is 0 Å². The summed E-state index contributed by atoms with van der Waals surface area (Å²) in [5, 5.41) is 12.6. The van der Waals surface area contributed by atoms with Crippen LogP contribution in [-0.4, -0.2) is 87.7 Å². The summed E-state index contributed by atoms with van der Waals surface area (Å²) in [7, 11) is 1.57. The quantitative estimate of drug-likeness (QED) is 0.345. The van der Waals surface area contributed by atoms with E-state index in [9.17, 15) is 9.59 Å². The van der Waals surface area contributed by atoms with E-state index in [1.165, 1.54) is 6.92 Å². The van der Waals surface area contributed by atoms with Crippen molar-refractivity contribution in [1.82, 2.24) is 9.88 Å². The van der Waals surface area contributed by atoms with Crippen molar-refractivity contribution < 1.29 is 38.4 Å². The first-order valence-electron chi connectivity index (χ1n) is 12.7. The molecule has 1 aliphatic rings. The molecule has 0 fully saturated rings. The van der Waals surface area contributed by atoms with Crippen LogP contribution < -0.4 is 5.32 Å². The van der Waals surface area contributed by atoms with Crippen LogP contribution in [0.4, 0.5) is 0 Å². The SMILES string of the molecule is CCO[C@H]1OC(C(=O)NCCOC)=C[C@@H](c2cn(C(C)=O)c3ccccc23)[C@@H]1CCOCCOCCO. The molecule has 1 amide bonds. The van der Waals surface area contributed by atoms with Gasteiger partial charge >= 0.3 is 0 Å². The fourth-order valence-electron chi connectivity index (χ4n) is 4.49. The predicted octanol–water partition coefficient (Wildman–Crippen LogP) is 2.46. The zero-order valence-electron chi connectivity index (χ0n) is 21.8. The van der Waals surface area contributed by atoms with Crippen molar-refractivity contribution >= 4 is 22.7 Å². The Hall–Kier alpha value is -2.76. The summed E-state index contributed by atoms with van der Waals surface area (Å²) in [4.78, 5) is 25.4. The van der Waals surface area contributed by atoms with E-state index < -0.39 is 6.29 Å². The number of para-hydroxylation sites is 1. The maximum Gasteiger partial charge on any atom is 0.286 e. The first-order chi connectivity index (χ1) is 18.0. The van der Waals surface area contributed by atoms with Crippen molar-refractivity contribution in [2.45, 2.75) is 32.5 Å². The van der Waals surface area contributed by atoms with Gasteiger partial charge in [0.25, 0.3) is 5.91 Å². The molecule has 0 bridgehead atoms. The third kappa shape index (κ3) is 7.62. The molecule has 0 radical (unpaired) electrons. The lowest BCUT2D eigenvalue weighted by Gasteiger charge is -2.36. The van der Waals surface area contributed by atoms with Gasteiger partial charge in [-0.1, -0.05) is 18.2 Å². The Kier molecular flexibility index (Phi) is 11.6. The average molecular weight is 519 g/mol. The molecular weight excluding hydrogens is 480 g/mol. The van der Waals surface area contributed by atoms with Crippen LogP contribution in [0.1, 0.15) is 36.5 Å². The van der Waals surface area contributed by atoms with Crippen molar-refractivity contribution in [3.8, 4) is 0 Å². The molecule has 0 unspecified atom stereocenters. The van der Waals surface area contributed by atoms with E-state index in [4.69, 9.17) is 28.8 Å². The van der Waals surface area contributed by atoms with Crippen LogP contribution in [0.15, 0.2) is 42.3 Å². The second kappa shape index (κ2) is 14.8. The van der Waals surface area contributed by atoms with Crippen molar-refractivity contribution in [2.75, 3.05) is 59.9 Å². The van der Waals surface area contributed by atoms with E-state index in [0.29, 0.717) is 46.0 Å². The van der Waals surface area contributed by atoms with Crippen LogP contribution in [-0.2, 0) is 28.5 Å². The third-order valence-electron chi connectivity index (χ3n) is 6.18. The molecule has 0 spiro atoms. The Balaban J connectivity index is 1.93. The second-order valence-corrected chi connectivity index (χ2v) is 8.64. The summed E-state index contributed by atoms with van der Waals surface area (Å²) in [6.45, 7) is 5.98. The smallest absolute Gasteiger partial charge is 0.286 e. The molecule has 204 valence electrons. The average Bonchev–Trinajstić information content (AvgIpc) is 3.29. The number of rotatable bonds is 15. The lowest BCUT2D eigenvalue weighted by molar-refractivity contribution is -0.168. The molecule has 2 heterocycles. The first kappa shape index (κ1) is 28.8. The number of fused-ring (bicyclic) bond motifs is 1. The van der Waals surface area contributed by atoms with Gasteiger partial charge in [-0.15, -0.1) is 0 Å². The van der Waals surface area contributed by atoms with Crippen LogP contribution >= 0.6 is 0 Å². The molecule has 1 aromatic carbocycles. The number of amides is 1. The highest BCUT2D eigenvalue weighted by Gasteiger charge is 2.39. The lowest BCUT2D eigenvalue weighted by Crippen LogP contribution is -2.40. The number of carbonyl (C=O) groups excluding carboxylic acids is 2. The van der Waals surface area contributed by atoms with Crippen LogP contribution in [0, 0.1) is 5.92 Å². The van der Waals surface area contributed by atoms with Gasteiger partial charge in [0.1, 0.15) is 0 Å². The van der Waals surface area contributed by atoms with Gasteiger partial charge in [-0.3, -0.25) is 14.2 Å². The second-order valence-electron chi connectivity index (χ2n) is 8.64. The molecule has 2 N–H and O–H groups in total. The maximum atomic E-state index is 12.9. The number of carbonyl (C=O) groups is 2. The van der Waals surface area contributed by atoms with Gasteiger partial charge < -0.3 is 34.1 Å².